The summed E-state index contributed by atoms with van der Waals surface area (Å²) in [7, 11) is 2.16. The van der Waals surface area contributed by atoms with Crippen LogP contribution in [0.5, 0.6) is 0 Å². The molecule has 2 aliphatic rings. The van der Waals surface area contributed by atoms with Crippen LogP contribution in [0.25, 0.3) is 39.2 Å². The molecule has 2 N–H and O–H groups in total. The Labute approximate surface area is 223 Å². The van der Waals surface area contributed by atoms with Crippen LogP contribution < -0.4 is 4.90 Å². The molecule has 0 unspecified atom stereocenters. The molecule has 4 aromatic rings. The molecule has 0 aliphatic carbocycles. The van der Waals surface area contributed by atoms with E-state index in [-0.39, 0.29) is 0 Å². The Balaban J connectivity index is 1.34. The fourth-order valence-electron chi connectivity index (χ4n) is 5.38. The second kappa shape index (κ2) is 10.5. The normalized spacial score (nSPS) is 18.2. The van der Waals surface area contributed by atoms with Crippen LogP contribution in [0.1, 0.15) is 25.5 Å². The Hall–Kier alpha value is -3.82. The van der Waals surface area contributed by atoms with Crippen LogP contribution in [-0.2, 0) is 0 Å². The largest absolute Gasteiger partial charge is 0.352 e. The van der Waals surface area contributed by atoms with Gasteiger partial charge in [-0.05, 0) is 75.3 Å². The molecular formula is C29H35N9. The predicted octanol–water partition coefficient (Wildman–Crippen LogP) is 4.26. The first kappa shape index (κ1) is 24.5. The maximum atomic E-state index is 5.05. The van der Waals surface area contributed by atoms with Gasteiger partial charge in [-0.15, -0.1) is 0 Å². The number of aromatic amines is 2. The van der Waals surface area contributed by atoms with Crippen LogP contribution in [0.15, 0.2) is 54.8 Å². The average Bonchev–Trinajstić information content (AvgIpc) is 3.70. The molecule has 0 amide bonds. The molecule has 0 radical (unpaired) electrons. The molecule has 0 spiro atoms. The second-order valence-corrected chi connectivity index (χ2v) is 10.2. The Bertz CT molecular complexity index is 1510. The van der Waals surface area contributed by atoms with Gasteiger partial charge in [-0.25, -0.2) is 15.0 Å². The lowest BCUT2D eigenvalue weighted by Crippen LogP contribution is -2.44. The van der Waals surface area contributed by atoms with Gasteiger partial charge in [-0.2, -0.15) is 5.10 Å². The van der Waals surface area contributed by atoms with Crippen LogP contribution >= 0.6 is 0 Å². The van der Waals surface area contributed by atoms with Crippen molar-refractivity contribution in [2.75, 3.05) is 57.8 Å². The first-order chi connectivity index (χ1) is 18.6. The van der Waals surface area contributed by atoms with Crippen molar-refractivity contribution in [1.82, 2.24) is 39.9 Å². The van der Waals surface area contributed by atoms with E-state index in [1.165, 1.54) is 18.4 Å². The maximum absolute atomic E-state index is 5.05. The molecule has 2 aliphatic heterocycles. The van der Waals surface area contributed by atoms with Crippen molar-refractivity contribution in [2.45, 2.75) is 19.8 Å². The maximum Gasteiger partial charge on any atom is 0.161 e. The van der Waals surface area contributed by atoms with E-state index in [4.69, 9.17) is 9.97 Å². The fraction of sp³-hybridized carbons (Fsp3) is 0.379. The molecule has 0 saturated carbocycles. The highest BCUT2D eigenvalue weighted by molar-refractivity contribution is 5.94. The zero-order valence-electron chi connectivity index (χ0n) is 22.2. The fourth-order valence-corrected chi connectivity index (χ4v) is 5.38. The zero-order valence-corrected chi connectivity index (χ0v) is 22.2. The summed E-state index contributed by atoms with van der Waals surface area (Å²) in [5.41, 5.74) is 7.38. The molecule has 196 valence electrons. The van der Waals surface area contributed by atoms with Crippen molar-refractivity contribution in [3.63, 3.8) is 0 Å². The molecule has 0 atom stereocenters. The van der Waals surface area contributed by atoms with E-state index in [1.54, 1.807) is 0 Å². The molecule has 2 fully saturated rings. The first-order valence-electron chi connectivity index (χ1n) is 13.5. The minimum absolute atomic E-state index is 0.692. The van der Waals surface area contributed by atoms with Crippen molar-refractivity contribution in [2.24, 2.45) is 0 Å². The van der Waals surface area contributed by atoms with E-state index in [1.807, 2.05) is 30.5 Å². The summed E-state index contributed by atoms with van der Waals surface area (Å²) in [4.78, 5) is 25.3. The topological polar surface area (TPSA) is 92.9 Å². The van der Waals surface area contributed by atoms with Gasteiger partial charge in [-0.1, -0.05) is 18.7 Å². The highest BCUT2D eigenvalue weighted by Gasteiger charge is 2.21. The third kappa shape index (κ3) is 4.75. The predicted molar refractivity (Wildman–Crippen MR) is 154 cm³/mol. The average molecular weight is 510 g/mol. The van der Waals surface area contributed by atoms with Gasteiger partial charge in [0.2, 0.25) is 0 Å². The Morgan fingerprint density at radius 1 is 1.00 bits per heavy atom. The van der Waals surface area contributed by atoms with Gasteiger partial charge in [0, 0.05) is 38.9 Å². The van der Waals surface area contributed by atoms with Crippen molar-refractivity contribution in [3.05, 3.63) is 60.5 Å². The van der Waals surface area contributed by atoms with E-state index in [0.717, 1.165) is 85.0 Å². The summed E-state index contributed by atoms with van der Waals surface area (Å²) in [6.07, 6.45) is 10.7. The number of anilines is 1. The zero-order chi connectivity index (χ0) is 26.1. The molecule has 0 aromatic carbocycles. The minimum atomic E-state index is 0.692. The number of hydrogen-bond donors (Lipinski definition) is 2. The number of likely N-dealkylation sites (N-methyl/N-ethyl adjacent to an activating group) is 1. The third-order valence-corrected chi connectivity index (χ3v) is 7.63. The summed E-state index contributed by atoms with van der Waals surface area (Å²) in [6.45, 7) is 13.2. The number of imidazole rings is 1. The van der Waals surface area contributed by atoms with Crippen molar-refractivity contribution in [1.29, 1.82) is 0 Å². The van der Waals surface area contributed by atoms with E-state index in [2.05, 4.69) is 67.6 Å². The number of allylic oxidation sites excluding steroid dienone is 3. The lowest BCUT2D eigenvalue weighted by Gasteiger charge is -2.33. The van der Waals surface area contributed by atoms with E-state index < -0.39 is 0 Å². The van der Waals surface area contributed by atoms with Gasteiger partial charge >= 0.3 is 0 Å². The van der Waals surface area contributed by atoms with Gasteiger partial charge in [0.15, 0.2) is 17.3 Å². The van der Waals surface area contributed by atoms with Gasteiger partial charge < -0.3 is 14.8 Å². The van der Waals surface area contributed by atoms with Crippen LogP contribution in [0.4, 0.5) is 5.82 Å². The second-order valence-electron chi connectivity index (χ2n) is 10.2. The molecule has 0 bridgehead atoms. The number of nitrogens with one attached hydrogen (secondary N) is 2. The van der Waals surface area contributed by atoms with Crippen molar-refractivity contribution < 1.29 is 0 Å². The van der Waals surface area contributed by atoms with Crippen LogP contribution in [0.2, 0.25) is 0 Å². The van der Waals surface area contributed by atoms with Crippen molar-refractivity contribution in [3.8, 4) is 11.5 Å². The van der Waals surface area contributed by atoms with Gasteiger partial charge in [0.05, 0.1) is 16.7 Å². The van der Waals surface area contributed by atoms with Gasteiger partial charge in [0.1, 0.15) is 11.0 Å². The Morgan fingerprint density at radius 2 is 1.82 bits per heavy atom. The number of hydrogen-bond acceptors (Lipinski definition) is 7. The van der Waals surface area contributed by atoms with Gasteiger partial charge in [-0.3, -0.25) is 10.00 Å². The summed E-state index contributed by atoms with van der Waals surface area (Å²) >= 11 is 0. The van der Waals surface area contributed by atoms with Crippen molar-refractivity contribution >= 4 is 33.5 Å². The monoisotopic (exact) mass is 509 g/mol. The Morgan fingerprint density at radius 3 is 2.58 bits per heavy atom. The first-order valence-corrected chi connectivity index (χ1v) is 13.5. The lowest BCUT2D eigenvalue weighted by atomic mass is 10.1. The lowest BCUT2D eigenvalue weighted by molar-refractivity contribution is 0.312. The van der Waals surface area contributed by atoms with E-state index in [0.29, 0.717) is 11.5 Å². The number of fused-ring (bicyclic) bond motifs is 2. The minimum Gasteiger partial charge on any atom is -0.352 e. The smallest absolute Gasteiger partial charge is 0.161 e. The molecule has 6 rings (SSSR count). The summed E-state index contributed by atoms with van der Waals surface area (Å²) in [5.74, 6) is 1.61. The number of H-pyrrole nitrogens is 2. The van der Waals surface area contributed by atoms with Crippen LogP contribution in [0.3, 0.4) is 0 Å². The highest BCUT2D eigenvalue weighted by Crippen LogP contribution is 2.30. The molecule has 6 heterocycles. The third-order valence-electron chi connectivity index (χ3n) is 7.63. The van der Waals surface area contributed by atoms with E-state index in [9.17, 15) is 0 Å². The number of rotatable bonds is 7. The molecule has 4 aromatic heterocycles. The van der Waals surface area contributed by atoms with Gasteiger partial charge in [0.25, 0.3) is 0 Å². The summed E-state index contributed by atoms with van der Waals surface area (Å²) in [5, 5.41) is 7.74. The molecule has 9 nitrogen and oxygen atoms in total. The standard InChI is InChI=1S/C29H35N9/c1-4-20(19-37-12-6-7-13-37)18-21(5-2)22-8-9-24-25(31-22)27(35-34-24)28-32-23-10-11-30-29(26(23)33-28)38-16-14-36(3)15-17-38/h4-5,8-11,18H,1,6-7,12-17,19H2,2-3H3,(H,32,33)(H,34,35)/b20-18+,21-5+. The molecule has 9 heteroatoms. The SMILES string of the molecule is C=C/C(=C\C(=C/C)c1ccc2[nH]nc(-c3nc4c(N5CCN(C)CC5)nccc4[nH]3)c2n1)CN1CCCC1. The Kier molecular flexibility index (Phi) is 6.78. The van der Waals surface area contributed by atoms with Crippen LogP contribution in [-0.4, -0.2) is 92.8 Å². The number of likely N-dealkylation sites (tertiary alicyclic amines) is 1. The molecule has 2 saturated heterocycles. The highest BCUT2D eigenvalue weighted by atomic mass is 15.3. The summed E-state index contributed by atoms with van der Waals surface area (Å²) < 4.78 is 0. The van der Waals surface area contributed by atoms with Crippen LogP contribution in [0, 0.1) is 0 Å². The quantitative estimate of drug-likeness (QED) is 0.360. The number of aromatic nitrogens is 6. The molecular weight excluding hydrogens is 474 g/mol. The molecule has 38 heavy (non-hydrogen) atoms. The number of piperazine rings is 1. The number of nitrogens with zero attached hydrogens (tertiary/aromatic N) is 7. The summed E-state index contributed by atoms with van der Waals surface area (Å²) in [6, 6.07) is 6.05. The van der Waals surface area contributed by atoms with E-state index >= 15 is 0 Å². The number of pyridine rings is 2.